The van der Waals surface area contributed by atoms with Crippen molar-refractivity contribution in [1.82, 2.24) is 10.6 Å². The zero-order chi connectivity index (χ0) is 27.9. The second-order valence-electron chi connectivity index (χ2n) is 11.5. The molecule has 0 aliphatic carbocycles. The average Bonchev–Trinajstić information content (AvgIpc) is 2.75. The lowest BCUT2D eigenvalue weighted by atomic mass is 9.93. The fourth-order valence-corrected chi connectivity index (χ4v) is 3.61. The van der Waals surface area contributed by atoms with Crippen LogP contribution in [0.25, 0.3) is 0 Å². The highest BCUT2D eigenvalue weighted by atomic mass is 127. The van der Waals surface area contributed by atoms with Gasteiger partial charge in [0.05, 0.1) is 25.2 Å². The highest BCUT2D eigenvalue weighted by Gasteiger charge is 2.40. The predicted molar refractivity (Wildman–Crippen MR) is 149 cm³/mol. The summed E-state index contributed by atoms with van der Waals surface area (Å²) in [4.78, 5) is 28.3. The van der Waals surface area contributed by atoms with Gasteiger partial charge in [-0.2, -0.15) is 0 Å². The van der Waals surface area contributed by atoms with Gasteiger partial charge < -0.3 is 29.0 Å². The highest BCUT2D eigenvalue weighted by Crippen LogP contribution is 2.32. The number of hydrogen-bond donors (Lipinski definition) is 2. The lowest BCUT2D eigenvalue weighted by molar-refractivity contribution is -0.284. The second kappa shape index (κ2) is 12.6. The van der Waals surface area contributed by atoms with E-state index < -0.39 is 29.2 Å². The second-order valence-corrected chi connectivity index (χ2v) is 12.2. The van der Waals surface area contributed by atoms with Gasteiger partial charge in [0.25, 0.3) is 0 Å². The summed E-state index contributed by atoms with van der Waals surface area (Å²) < 4.78 is 29.1. The Morgan fingerprint density at radius 3 is 2.08 bits per heavy atom. The molecule has 10 nitrogen and oxygen atoms in total. The van der Waals surface area contributed by atoms with E-state index in [0.717, 1.165) is 9.99 Å². The molecule has 0 spiro atoms. The molecule has 0 aromatic heterocycles. The van der Waals surface area contributed by atoms with E-state index in [1.807, 2.05) is 38.1 Å². The molecule has 0 atom stereocenters. The van der Waals surface area contributed by atoms with Crippen LogP contribution in [-0.4, -0.2) is 59.4 Å². The first kappa shape index (κ1) is 31.1. The lowest BCUT2D eigenvalue weighted by Crippen LogP contribution is -2.50. The van der Waals surface area contributed by atoms with Crippen molar-refractivity contribution < 1.29 is 33.3 Å². The Morgan fingerprint density at radius 2 is 1.57 bits per heavy atom. The third-order valence-electron chi connectivity index (χ3n) is 4.88. The monoisotopic (exact) mass is 633 g/mol. The third kappa shape index (κ3) is 11.9. The number of amides is 2. The fraction of sp³-hybridized carbons (Fsp3) is 0.654. The number of guanidine groups is 1. The quantitative estimate of drug-likeness (QED) is 0.191. The molecule has 0 radical (unpaired) electrons. The normalized spacial score (nSPS) is 17.5. The molecule has 1 heterocycles. The molecule has 0 unspecified atom stereocenters. The van der Waals surface area contributed by atoms with E-state index in [-0.39, 0.29) is 17.9 Å². The van der Waals surface area contributed by atoms with Gasteiger partial charge in [-0.25, -0.2) is 9.59 Å². The van der Waals surface area contributed by atoms with Crippen LogP contribution < -0.4 is 15.4 Å². The molecule has 37 heavy (non-hydrogen) atoms. The third-order valence-corrected chi connectivity index (χ3v) is 6.50. The molecule has 1 saturated heterocycles. The molecule has 208 valence electrons. The van der Waals surface area contributed by atoms with Crippen LogP contribution in [0.4, 0.5) is 9.59 Å². The van der Waals surface area contributed by atoms with Gasteiger partial charge in [-0.3, -0.25) is 5.32 Å². The van der Waals surface area contributed by atoms with Crippen molar-refractivity contribution in [2.75, 3.05) is 24.2 Å². The molecule has 0 saturated carbocycles. The van der Waals surface area contributed by atoms with Crippen LogP contribution in [0.5, 0.6) is 5.75 Å². The Bertz CT molecular complexity index is 940. The highest BCUT2D eigenvalue weighted by molar-refractivity contribution is 14.1. The molecule has 1 aromatic carbocycles. The number of hydrogen-bond acceptors (Lipinski definition) is 7. The first-order valence-corrected chi connectivity index (χ1v) is 13.6. The molecule has 0 bridgehead atoms. The molecule has 1 fully saturated rings. The van der Waals surface area contributed by atoms with Crippen molar-refractivity contribution in [1.29, 1.82) is 0 Å². The fourth-order valence-electron chi connectivity index (χ4n) is 2.95. The van der Waals surface area contributed by atoms with Crippen molar-refractivity contribution in [3.8, 4) is 5.75 Å². The van der Waals surface area contributed by atoms with Gasteiger partial charge in [0.2, 0.25) is 5.96 Å². The van der Waals surface area contributed by atoms with Gasteiger partial charge in [-0.05, 0) is 73.1 Å². The minimum atomic E-state index is -0.835. The number of carbonyl (C=O) groups is 2. The number of aliphatic imine (C=N–C) groups is 1. The number of rotatable bonds is 6. The van der Waals surface area contributed by atoms with Gasteiger partial charge in [-0.15, -0.1) is 4.99 Å². The van der Waals surface area contributed by atoms with Gasteiger partial charge in [0.15, 0.2) is 5.79 Å². The van der Waals surface area contributed by atoms with E-state index in [4.69, 9.17) is 23.7 Å². The van der Waals surface area contributed by atoms with Crippen molar-refractivity contribution >= 4 is 40.7 Å². The van der Waals surface area contributed by atoms with Crippen LogP contribution in [0.3, 0.4) is 0 Å². The topological polar surface area (TPSA) is 117 Å². The number of alkyl carbamates (subject to hydrolysis) is 1. The summed E-state index contributed by atoms with van der Waals surface area (Å²) in [5, 5.41) is 5.43. The summed E-state index contributed by atoms with van der Waals surface area (Å²) in [6.07, 6.45) is -1.58. The molecule has 1 aliphatic rings. The summed E-state index contributed by atoms with van der Waals surface area (Å²) in [5.41, 5.74) is -0.768. The van der Waals surface area contributed by atoms with Crippen LogP contribution in [0.2, 0.25) is 0 Å². The largest absolute Gasteiger partial charge is 0.493 e. The average molecular weight is 634 g/mol. The number of nitrogens with zero attached hydrogens (tertiary/aromatic N) is 1. The zero-order valence-corrected chi connectivity index (χ0v) is 25.2. The number of ether oxygens (including phenoxy) is 5. The molecule has 2 amide bonds. The summed E-state index contributed by atoms with van der Waals surface area (Å²) >= 11 is 2.34. The number of carbonyl (C=O) groups excluding carboxylic acids is 2. The Kier molecular flexibility index (Phi) is 10.6. The smallest absolute Gasteiger partial charge is 0.437 e. The standard InChI is InChI=1S/C26H40IN3O7/c1-23(2,3)36-21(31)29-20(30-22(32)37-24(4,5)6)28-13-18-9-11-19(12-10-18)33-15-26(14-27)16-34-25(7,8)35-17-26/h9-12H,13-17H2,1-8H3,(H2,28,29,30,31,32). The van der Waals surface area contributed by atoms with Crippen LogP contribution in [0.1, 0.15) is 61.0 Å². The summed E-state index contributed by atoms with van der Waals surface area (Å²) in [6.45, 7) is 16.1. The van der Waals surface area contributed by atoms with Crippen LogP contribution in [-0.2, 0) is 25.5 Å². The van der Waals surface area contributed by atoms with E-state index in [1.54, 1.807) is 41.5 Å². The van der Waals surface area contributed by atoms with E-state index in [2.05, 4.69) is 38.2 Å². The zero-order valence-electron chi connectivity index (χ0n) is 23.0. The summed E-state index contributed by atoms with van der Waals surface area (Å²) in [5.74, 6) is 0.0638. The number of nitrogens with one attached hydrogen (secondary N) is 2. The molecule has 2 rings (SSSR count). The molecular formula is C26H40IN3O7. The maximum absolute atomic E-state index is 12.2. The molecule has 2 N–H and O–H groups in total. The SMILES string of the molecule is CC(C)(C)OC(=O)/N=C(\NCc1ccc(OCC2(CI)COC(C)(C)OC2)cc1)NC(=O)OC(C)(C)C. The Morgan fingerprint density at radius 1 is 1.00 bits per heavy atom. The van der Waals surface area contributed by atoms with E-state index in [1.165, 1.54) is 0 Å². The maximum atomic E-state index is 12.2. The Hall–Kier alpha value is -2.12. The van der Waals surface area contributed by atoms with Gasteiger partial charge >= 0.3 is 12.2 Å². The first-order chi connectivity index (χ1) is 17.0. The minimum absolute atomic E-state index is 0.0759. The molecule has 1 aromatic rings. The van der Waals surface area contributed by atoms with E-state index >= 15 is 0 Å². The number of alkyl halides is 1. The van der Waals surface area contributed by atoms with Crippen molar-refractivity contribution in [2.24, 2.45) is 10.4 Å². The molecule has 11 heteroatoms. The van der Waals surface area contributed by atoms with Crippen LogP contribution in [0, 0.1) is 5.41 Å². The lowest BCUT2D eigenvalue weighted by Gasteiger charge is -2.42. The van der Waals surface area contributed by atoms with Gasteiger partial charge in [0.1, 0.15) is 17.0 Å². The first-order valence-electron chi connectivity index (χ1n) is 12.1. The van der Waals surface area contributed by atoms with Crippen molar-refractivity contribution in [3.63, 3.8) is 0 Å². The molecule has 1 aliphatic heterocycles. The number of halogens is 1. The maximum Gasteiger partial charge on any atom is 0.437 e. The van der Waals surface area contributed by atoms with E-state index in [0.29, 0.717) is 25.6 Å². The van der Waals surface area contributed by atoms with Crippen molar-refractivity contribution in [2.45, 2.75) is 78.9 Å². The minimum Gasteiger partial charge on any atom is -0.493 e. The van der Waals surface area contributed by atoms with Gasteiger partial charge in [0, 0.05) is 11.0 Å². The summed E-state index contributed by atoms with van der Waals surface area (Å²) in [7, 11) is 0. The Balaban J connectivity index is 1.99. The predicted octanol–water partition coefficient (Wildman–Crippen LogP) is 5.18. The molecular weight excluding hydrogens is 593 g/mol. The summed E-state index contributed by atoms with van der Waals surface area (Å²) in [6, 6.07) is 7.49. The van der Waals surface area contributed by atoms with Crippen molar-refractivity contribution in [3.05, 3.63) is 29.8 Å². The van der Waals surface area contributed by atoms with E-state index in [9.17, 15) is 9.59 Å². The van der Waals surface area contributed by atoms with Crippen LogP contribution >= 0.6 is 22.6 Å². The number of benzene rings is 1. The van der Waals surface area contributed by atoms with Gasteiger partial charge in [-0.1, -0.05) is 34.7 Å². The van der Waals surface area contributed by atoms with Crippen LogP contribution in [0.15, 0.2) is 29.3 Å². The Labute approximate surface area is 233 Å².